The molecule has 1 N–H and O–H groups in total. The van der Waals surface area contributed by atoms with Gasteiger partial charge < -0.3 is 9.84 Å². The Kier molecular flexibility index (Phi) is 2.84. The van der Waals surface area contributed by atoms with Gasteiger partial charge in [-0.3, -0.25) is 4.79 Å². The van der Waals surface area contributed by atoms with Crippen molar-refractivity contribution in [1.29, 1.82) is 0 Å². The zero-order chi connectivity index (χ0) is 14.1. The molecule has 0 saturated heterocycles. The van der Waals surface area contributed by atoms with E-state index in [1.54, 1.807) is 6.08 Å². The van der Waals surface area contributed by atoms with Crippen LogP contribution in [0.25, 0.3) is 6.08 Å². The van der Waals surface area contributed by atoms with Crippen LogP contribution in [0, 0.1) is 0 Å². The largest absolute Gasteiger partial charge is 0.478 e. The van der Waals surface area contributed by atoms with Gasteiger partial charge in [-0.1, -0.05) is 30.3 Å². The number of carbonyl (C=O) groups is 2. The van der Waals surface area contributed by atoms with Gasteiger partial charge in [0.05, 0.1) is 11.1 Å². The molecule has 2 aromatic carbocycles. The van der Waals surface area contributed by atoms with Crippen LogP contribution in [0.5, 0.6) is 5.75 Å². The van der Waals surface area contributed by atoms with Gasteiger partial charge in [-0.15, -0.1) is 0 Å². The van der Waals surface area contributed by atoms with Gasteiger partial charge in [-0.25, -0.2) is 4.79 Å². The highest BCUT2D eigenvalue weighted by Gasteiger charge is 2.28. The van der Waals surface area contributed by atoms with Crippen LogP contribution in [0.3, 0.4) is 0 Å². The summed E-state index contributed by atoms with van der Waals surface area (Å²) in [6.45, 7) is 0. The standard InChI is InChI=1S/C16H10O4/c17-15-12-9-11(16(18)19)6-7-13(12)20-14(15)8-10-4-2-1-3-5-10/h1-9H,(H,18,19)/b14-8-. The highest BCUT2D eigenvalue weighted by molar-refractivity contribution is 6.15. The molecule has 0 saturated carbocycles. The number of aromatic carboxylic acids is 1. The molecule has 4 heteroatoms. The van der Waals surface area contributed by atoms with Crippen LogP contribution in [-0.2, 0) is 0 Å². The molecule has 4 nitrogen and oxygen atoms in total. The van der Waals surface area contributed by atoms with Crippen LogP contribution < -0.4 is 4.74 Å². The first-order chi connectivity index (χ1) is 9.65. The molecule has 1 aliphatic heterocycles. The zero-order valence-corrected chi connectivity index (χ0v) is 10.4. The van der Waals surface area contributed by atoms with Crippen LogP contribution in [0.4, 0.5) is 0 Å². The van der Waals surface area contributed by atoms with Gasteiger partial charge in [0.2, 0.25) is 5.78 Å². The lowest BCUT2D eigenvalue weighted by Gasteiger charge is -1.98. The second-order valence-corrected chi connectivity index (χ2v) is 4.37. The fourth-order valence-corrected chi connectivity index (χ4v) is 2.02. The molecule has 2 aromatic rings. The van der Waals surface area contributed by atoms with E-state index in [1.807, 2.05) is 30.3 Å². The number of hydrogen-bond acceptors (Lipinski definition) is 3. The van der Waals surface area contributed by atoms with Gasteiger partial charge in [-0.05, 0) is 29.8 Å². The molecule has 20 heavy (non-hydrogen) atoms. The number of hydrogen-bond donors (Lipinski definition) is 1. The number of carboxylic acids is 1. The number of benzene rings is 2. The van der Waals surface area contributed by atoms with Crippen LogP contribution in [0.1, 0.15) is 26.3 Å². The lowest BCUT2D eigenvalue weighted by atomic mass is 10.1. The molecular weight excluding hydrogens is 256 g/mol. The summed E-state index contributed by atoms with van der Waals surface area (Å²) < 4.78 is 5.48. The van der Waals surface area contributed by atoms with E-state index in [-0.39, 0.29) is 22.7 Å². The maximum Gasteiger partial charge on any atom is 0.335 e. The molecule has 0 spiro atoms. The van der Waals surface area contributed by atoms with Gasteiger partial charge in [-0.2, -0.15) is 0 Å². The third kappa shape index (κ3) is 2.07. The van der Waals surface area contributed by atoms with Crippen molar-refractivity contribution >= 4 is 17.8 Å². The van der Waals surface area contributed by atoms with E-state index in [0.29, 0.717) is 5.75 Å². The minimum Gasteiger partial charge on any atom is -0.478 e. The quantitative estimate of drug-likeness (QED) is 0.849. The minimum absolute atomic E-state index is 0.0710. The van der Waals surface area contributed by atoms with Crippen molar-refractivity contribution in [2.45, 2.75) is 0 Å². The number of ketones is 1. The minimum atomic E-state index is -1.07. The number of Topliss-reactive ketones (excluding diaryl/α,β-unsaturated/α-hetero) is 1. The van der Waals surface area contributed by atoms with Crippen molar-refractivity contribution in [3.8, 4) is 5.75 Å². The number of rotatable bonds is 2. The topological polar surface area (TPSA) is 63.6 Å². The zero-order valence-electron chi connectivity index (χ0n) is 10.4. The molecule has 98 valence electrons. The average molecular weight is 266 g/mol. The fraction of sp³-hybridized carbons (Fsp3) is 0. The van der Waals surface area contributed by atoms with E-state index >= 15 is 0 Å². The van der Waals surface area contributed by atoms with Crippen LogP contribution in [0.2, 0.25) is 0 Å². The highest BCUT2D eigenvalue weighted by atomic mass is 16.5. The van der Waals surface area contributed by atoms with E-state index < -0.39 is 5.97 Å². The molecule has 1 heterocycles. The second kappa shape index (κ2) is 4.66. The summed E-state index contributed by atoms with van der Waals surface area (Å²) in [7, 11) is 0. The molecule has 1 aliphatic rings. The molecule has 0 bridgehead atoms. The predicted molar refractivity (Wildman–Crippen MR) is 72.8 cm³/mol. The smallest absolute Gasteiger partial charge is 0.335 e. The van der Waals surface area contributed by atoms with Crippen molar-refractivity contribution in [3.63, 3.8) is 0 Å². The lowest BCUT2D eigenvalue weighted by Crippen LogP contribution is -2.00. The molecule has 0 aliphatic carbocycles. The summed E-state index contributed by atoms with van der Waals surface area (Å²) >= 11 is 0. The Morgan fingerprint density at radius 1 is 1.10 bits per heavy atom. The Balaban J connectivity index is 1.99. The average Bonchev–Trinajstić information content (AvgIpc) is 2.76. The molecule has 0 unspecified atom stereocenters. The van der Waals surface area contributed by atoms with E-state index in [0.717, 1.165) is 5.56 Å². The number of ether oxygens (including phenoxy) is 1. The Labute approximate surface area is 114 Å². The summed E-state index contributed by atoms with van der Waals surface area (Å²) in [5.41, 5.74) is 1.20. The van der Waals surface area contributed by atoms with Crippen LogP contribution >= 0.6 is 0 Å². The van der Waals surface area contributed by atoms with Crippen molar-refractivity contribution in [2.24, 2.45) is 0 Å². The second-order valence-electron chi connectivity index (χ2n) is 4.37. The number of carbonyl (C=O) groups excluding carboxylic acids is 1. The predicted octanol–water partition coefficient (Wildman–Crippen LogP) is 3.00. The molecule has 0 aromatic heterocycles. The monoisotopic (exact) mass is 266 g/mol. The van der Waals surface area contributed by atoms with Crippen molar-refractivity contribution in [2.75, 3.05) is 0 Å². The van der Waals surface area contributed by atoms with Gasteiger partial charge >= 0.3 is 5.97 Å². The molecule has 0 atom stereocenters. The summed E-state index contributed by atoms with van der Waals surface area (Å²) in [5.74, 6) is -0.774. The number of fused-ring (bicyclic) bond motifs is 1. The van der Waals surface area contributed by atoms with Gasteiger partial charge in [0.15, 0.2) is 5.76 Å². The van der Waals surface area contributed by atoms with Gasteiger partial charge in [0, 0.05) is 0 Å². The van der Waals surface area contributed by atoms with Crippen molar-refractivity contribution in [3.05, 3.63) is 71.0 Å². The van der Waals surface area contributed by atoms with E-state index in [1.165, 1.54) is 18.2 Å². The first-order valence-electron chi connectivity index (χ1n) is 6.02. The summed E-state index contributed by atoms with van der Waals surface area (Å²) in [4.78, 5) is 23.1. The first-order valence-corrected chi connectivity index (χ1v) is 6.02. The molecule has 0 amide bonds. The van der Waals surface area contributed by atoms with Gasteiger partial charge in [0.1, 0.15) is 5.75 Å². The normalized spacial score (nSPS) is 15.0. The number of carboxylic acid groups (broad SMARTS) is 1. The Morgan fingerprint density at radius 2 is 1.85 bits per heavy atom. The third-order valence-electron chi connectivity index (χ3n) is 3.01. The SMILES string of the molecule is O=C(O)c1ccc2c(c1)C(=O)/C(=C/c1ccccc1)O2. The first kappa shape index (κ1) is 12.2. The van der Waals surface area contributed by atoms with Gasteiger partial charge in [0.25, 0.3) is 0 Å². The maximum atomic E-state index is 12.2. The molecule has 3 rings (SSSR count). The van der Waals surface area contributed by atoms with E-state index in [2.05, 4.69) is 0 Å². The Hall–Kier alpha value is -2.88. The maximum absolute atomic E-state index is 12.2. The van der Waals surface area contributed by atoms with Crippen molar-refractivity contribution in [1.82, 2.24) is 0 Å². The summed E-state index contributed by atoms with van der Waals surface area (Å²) in [6, 6.07) is 13.6. The molecule has 0 radical (unpaired) electrons. The Morgan fingerprint density at radius 3 is 2.55 bits per heavy atom. The number of allylic oxidation sites excluding steroid dienone is 1. The lowest BCUT2D eigenvalue weighted by molar-refractivity contribution is 0.0697. The molecular formula is C16H10O4. The Bertz CT molecular complexity index is 729. The van der Waals surface area contributed by atoms with Crippen LogP contribution in [0.15, 0.2) is 54.3 Å². The van der Waals surface area contributed by atoms with Crippen molar-refractivity contribution < 1.29 is 19.4 Å². The summed E-state index contributed by atoms with van der Waals surface area (Å²) in [6.07, 6.45) is 1.64. The summed E-state index contributed by atoms with van der Waals surface area (Å²) in [5, 5.41) is 8.94. The fourth-order valence-electron chi connectivity index (χ4n) is 2.02. The van der Waals surface area contributed by atoms with E-state index in [4.69, 9.17) is 9.84 Å². The highest BCUT2D eigenvalue weighted by Crippen LogP contribution is 2.32. The molecule has 0 fully saturated rings. The third-order valence-corrected chi connectivity index (χ3v) is 3.01. The van der Waals surface area contributed by atoms with Crippen LogP contribution in [-0.4, -0.2) is 16.9 Å². The van der Waals surface area contributed by atoms with E-state index in [9.17, 15) is 9.59 Å².